The number of halogens is 3. The van der Waals surface area contributed by atoms with Gasteiger partial charge in [0.2, 0.25) is 0 Å². The molecule has 38 heavy (non-hydrogen) atoms. The molecule has 0 saturated carbocycles. The number of hydrogen-bond acceptors (Lipinski definition) is 5. The third-order valence-corrected chi connectivity index (χ3v) is 5.95. The van der Waals surface area contributed by atoms with E-state index < -0.39 is 23.5 Å². The van der Waals surface area contributed by atoms with Gasteiger partial charge in [-0.25, -0.2) is 18.0 Å². The Morgan fingerprint density at radius 2 is 1.50 bits per heavy atom. The first-order valence-electron chi connectivity index (χ1n) is 11.8. The number of benzene rings is 3. The van der Waals surface area contributed by atoms with Gasteiger partial charge in [-0.1, -0.05) is 0 Å². The summed E-state index contributed by atoms with van der Waals surface area (Å²) in [6.45, 7) is 3.66. The summed E-state index contributed by atoms with van der Waals surface area (Å²) >= 11 is 0. The monoisotopic (exact) mass is 525 g/mol. The van der Waals surface area contributed by atoms with Crippen LogP contribution >= 0.6 is 0 Å². The summed E-state index contributed by atoms with van der Waals surface area (Å²) in [5.74, 6) is -1.19. The molecule has 0 bridgehead atoms. The first-order valence-corrected chi connectivity index (χ1v) is 11.8. The number of anilines is 2. The fraction of sp³-hybridized carbons (Fsp3) is 0.214. The number of rotatable bonds is 8. The van der Waals surface area contributed by atoms with Gasteiger partial charge < -0.3 is 14.2 Å². The third-order valence-electron chi connectivity index (χ3n) is 5.95. The van der Waals surface area contributed by atoms with E-state index in [9.17, 15) is 13.6 Å². The average molecular weight is 526 g/mol. The second-order valence-electron chi connectivity index (χ2n) is 8.12. The normalized spacial score (nSPS) is 10.8. The minimum atomic E-state index is -1.08. The van der Waals surface area contributed by atoms with Crippen LogP contribution < -0.4 is 24.0 Å². The molecule has 10 heteroatoms. The summed E-state index contributed by atoms with van der Waals surface area (Å²) in [6.07, 6.45) is 1.56. The molecule has 0 N–H and O–H groups in total. The van der Waals surface area contributed by atoms with Crippen molar-refractivity contribution in [1.29, 1.82) is 0 Å². The number of carbonyl (C=O) groups is 1. The summed E-state index contributed by atoms with van der Waals surface area (Å²) in [6, 6.07) is 11.8. The molecule has 0 atom stereocenters. The zero-order valence-electron chi connectivity index (χ0n) is 21.3. The van der Waals surface area contributed by atoms with Crippen molar-refractivity contribution < 1.29 is 32.2 Å². The molecule has 0 radical (unpaired) electrons. The molecule has 4 aromatic rings. The molecule has 3 aromatic carbocycles. The summed E-state index contributed by atoms with van der Waals surface area (Å²) in [5.41, 5.74) is 0.764. The van der Waals surface area contributed by atoms with Gasteiger partial charge in [0.15, 0.2) is 29.0 Å². The van der Waals surface area contributed by atoms with Gasteiger partial charge in [0.25, 0.3) is 0 Å². The number of amides is 2. The maximum Gasteiger partial charge on any atom is 0.329 e. The van der Waals surface area contributed by atoms with Crippen molar-refractivity contribution in [2.24, 2.45) is 0 Å². The highest BCUT2D eigenvalue weighted by atomic mass is 19.2. The molecule has 2 amide bonds. The lowest BCUT2D eigenvalue weighted by Gasteiger charge is -2.29. The zero-order valence-corrected chi connectivity index (χ0v) is 21.3. The Kier molecular flexibility index (Phi) is 7.90. The molecule has 0 saturated heterocycles. The molecule has 4 rings (SSSR count). The summed E-state index contributed by atoms with van der Waals surface area (Å²) in [4.78, 5) is 20.1. The van der Waals surface area contributed by atoms with Gasteiger partial charge in [-0.05, 0) is 50.2 Å². The van der Waals surface area contributed by atoms with E-state index >= 15 is 4.39 Å². The lowest BCUT2D eigenvalue weighted by Crippen LogP contribution is -2.44. The van der Waals surface area contributed by atoms with Crippen molar-refractivity contribution in [2.45, 2.75) is 13.8 Å². The lowest BCUT2D eigenvalue weighted by atomic mass is 10.1. The van der Waals surface area contributed by atoms with E-state index in [1.807, 2.05) is 0 Å². The predicted molar refractivity (Wildman–Crippen MR) is 139 cm³/mol. The molecule has 0 spiro atoms. The smallest absolute Gasteiger partial charge is 0.329 e. The lowest BCUT2D eigenvalue weighted by molar-refractivity contribution is 0.251. The van der Waals surface area contributed by atoms with Crippen LogP contribution in [0.15, 0.2) is 60.8 Å². The summed E-state index contributed by atoms with van der Waals surface area (Å²) in [7, 11) is 3.04. The van der Waals surface area contributed by atoms with Gasteiger partial charge in [-0.15, -0.1) is 0 Å². The Morgan fingerprint density at radius 1 is 0.789 bits per heavy atom. The molecule has 0 aliphatic carbocycles. The minimum Gasteiger partial charge on any atom is -0.493 e. The Balaban J connectivity index is 1.63. The second kappa shape index (κ2) is 11.3. The fourth-order valence-electron chi connectivity index (χ4n) is 4.07. The molecule has 0 aliphatic heterocycles. The van der Waals surface area contributed by atoms with E-state index in [0.29, 0.717) is 28.2 Å². The molecule has 1 heterocycles. The first-order chi connectivity index (χ1) is 18.3. The Hall–Kier alpha value is -4.47. The quantitative estimate of drug-likeness (QED) is 0.250. The van der Waals surface area contributed by atoms with Gasteiger partial charge in [-0.2, -0.15) is 0 Å². The van der Waals surface area contributed by atoms with Gasteiger partial charge in [0.1, 0.15) is 11.5 Å². The van der Waals surface area contributed by atoms with Crippen LogP contribution in [0.5, 0.6) is 23.0 Å². The van der Waals surface area contributed by atoms with E-state index in [4.69, 9.17) is 14.2 Å². The van der Waals surface area contributed by atoms with Crippen LogP contribution in [-0.4, -0.2) is 38.3 Å². The second-order valence-corrected chi connectivity index (χ2v) is 8.12. The Morgan fingerprint density at radius 3 is 2.13 bits per heavy atom. The standard InChI is InChI=1S/C28H26F3N3O4/c1-5-33(17-7-9-20(29)21(30)13-17)28(35)34(6-2)24-10-8-18(14-22(24)31)38-25-11-12-32-23-16-27(37-4)26(36-3)15-19(23)25/h7-16H,5-6H2,1-4H3. The van der Waals surface area contributed by atoms with Crippen molar-refractivity contribution in [3.63, 3.8) is 0 Å². The highest BCUT2D eigenvalue weighted by Crippen LogP contribution is 2.37. The molecule has 7 nitrogen and oxygen atoms in total. The van der Waals surface area contributed by atoms with Gasteiger partial charge >= 0.3 is 6.03 Å². The predicted octanol–water partition coefficient (Wildman–Crippen LogP) is 6.93. The summed E-state index contributed by atoms with van der Waals surface area (Å²) < 4.78 is 59.2. The number of pyridine rings is 1. The van der Waals surface area contributed by atoms with Crippen molar-refractivity contribution >= 4 is 28.3 Å². The molecule has 1 aromatic heterocycles. The molecular weight excluding hydrogens is 499 g/mol. The van der Waals surface area contributed by atoms with Gasteiger partial charge in [0.05, 0.1) is 25.4 Å². The number of carbonyl (C=O) groups excluding carboxylic acids is 1. The molecule has 0 unspecified atom stereocenters. The fourth-order valence-corrected chi connectivity index (χ4v) is 4.07. The first kappa shape index (κ1) is 26.6. The SMILES string of the molecule is CCN(C(=O)N(CC)c1ccc(Oc2ccnc3cc(OC)c(OC)cc23)cc1F)c1ccc(F)c(F)c1. The highest BCUT2D eigenvalue weighted by molar-refractivity contribution is 6.03. The van der Waals surface area contributed by atoms with Crippen molar-refractivity contribution in [1.82, 2.24) is 4.98 Å². The van der Waals surface area contributed by atoms with Crippen molar-refractivity contribution in [2.75, 3.05) is 37.1 Å². The largest absolute Gasteiger partial charge is 0.493 e. The van der Waals surface area contributed by atoms with Crippen LogP contribution in [0.1, 0.15) is 13.8 Å². The molecule has 0 aliphatic rings. The number of methoxy groups -OCH3 is 2. The van der Waals surface area contributed by atoms with Crippen LogP contribution in [0.3, 0.4) is 0 Å². The van der Waals surface area contributed by atoms with Crippen molar-refractivity contribution in [3.05, 3.63) is 78.2 Å². The molecule has 198 valence electrons. The van der Waals surface area contributed by atoms with E-state index in [2.05, 4.69) is 4.98 Å². The maximum atomic E-state index is 15.3. The topological polar surface area (TPSA) is 64.1 Å². The van der Waals surface area contributed by atoms with Gasteiger partial charge in [-0.3, -0.25) is 14.8 Å². The average Bonchev–Trinajstić information content (AvgIpc) is 2.92. The number of fused-ring (bicyclic) bond motifs is 1. The Labute approximate surface area is 218 Å². The molecule has 0 fully saturated rings. The van der Waals surface area contributed by atoms with Crippen LogP contribution in [0.25, 0.3) is 10.9 Å². The number of hydrogen-bond donors (Lipinski definition) is 0. The van der Waals surface area contributed by atoms with Crippen LogP contribution in [0.2, 0.25) is 0 Å². The Bertz CT molecular complexity index is 1480. The number of aromatic nitrogens is 1. The third kappa shape index (κ3) is 5.15. The summed E-state index contributed by atoms with van der Waals surface area (Å²) in [5, 5.41) is 0.630. The van der Waals surface area contributed by atoms with E-state index in [1.54, 1.807) is 38.2 Å². The maximum absolute atomic E-state index is 15.3. The van der Waals surface area contributed by atoms with Crippen LogP contribution in [0.4, 0.5) is 29.3 Å². The molecular formula is C28H26F3N3O4. The number of urea groups is 1. The van der Waals surface area contributed by atoms with E-state index in [1.165, 1.54) is 48.3 Å². The van der Waals surface area contributed by atoms with Crippen LogP contribution in [0, 0.1) is 17.5 Å². The van der Waals surface area contributed by atoms with Crippen LogP contribution in [-0.2, 0) is 0 Å². The minimum absolute atomic E-state index is 0.0110. The van der Waals surface area contributed by atoms with E-state index in [0.717, 1.165) is 12.1 Å². The number of ether oxygens (including phenoxy) is 3. The van der Waals surface area contributed by atoms with E-state index in [-0.39, 0.29) is 30.2 Å². The number of nitrogens with zero attached hydrogens (tertiary/aromatic N) is 3. The highest BCUT2D eigenvalue weighted by Gasteiger charge is 2.25. The van der Waals surface area contributed by atoms with Gasteiger partial charge in [0, 0.05) is 48.6 Å². The zero-order chi connectivity index (χ0) is 27.4. The van der Waals surface area contributed by atoms with Crippen molar-refractivity contribution in [3.8, 4) is 23.0 Å².